The number of ether oxygens (including phenoxy) is 2. The van der Waals surface area contributed by atoms with E-state index in [9.17, 15) is 24.0 Å². The van der Waals surface area contributed by atoms with Crippen LogP contribution in [0.5, 0.6) is 0 Å². The van der Waals surface area contributed by atoms with Crippen molar-refractivity contribution in [2.75, 3.05) is 18.1 Å². The second-order valence-electron chi connectivity index (χ2n) is 8.80. The molecule has 9 nitrogen and oxygen atoms in total. The van der Waals surface area contributed by atoms with Crippen molar-refractivity contribution in [2.24, 2.45) is 5.92 Å². The number of hydrogen-bond acceptors (Lipinski definition) is 9. The molecule has 3 aromatic rings. The van der Waals surface area contributed by atoms with Crippen molar-refractivity contribution in [3.05, 3.63) is 79.2 Å². The van der Waals surface area contributed by atoms with Crippen LogP contribution in [0.2, 0.25) is 5.02 Å². The lowest BCUT2D eigenvalue weighted by atomic mass is 9.83. The van der Waals surface area contributed by atoms with Crippen molar-refractivity contribution in [3.63, 3.8) is 0 Å². The first-order chi connectivity index (χ1) is 18.7. The molecule has 39 heavy (non-hydrogen) atoms. The monoisotopic (exact) mass is 586 g/mol. The number of nitrogens with zero attached hydrogens (tertiary/aromatic N) is 2. The van der Waals surface area contributed by atoms with Crippen LogP contribution < -0.4 is 9.77 Å². The minimum absolute atomic E-state index is 0.169. The number of fused-ring (bicyclic) bond motifs is 2. The highest BCUT2D eigenvalue weighted by molar-refractivity contribution is 8.00. The lowest BCUT2D eigenvalue weighted by Crippen LogP contribution is -2.32. The van der Waals surface area contributed by atoms with Crippen molar-refractivity contribution < 1.29 is 28.7 Å². The number of esters is 2. The maximum absolute atomic E-state index is 13.9. The van der Waals surface area contributed by atoms with Gasteiger partial charge in [-0.2, -0.15) is 0 Å². The molecule has 2 aromatic carbocycles. The normalized spacial score (nSPS) is 20.0. The Bertz CT molecular complexity index is 1510. The summed E-state index contributed by atoms with van der Waals surface area (Å²) < 4.78 is 11.4. The summed E-state index contributed by atoms with van der Waals surface area (Å²) in [5, 5.41) is 0.142. The highest BCUT2D eigenvalue weighted by Crippen LogP contribution is 2.53. The molecule has 1 fully saturated rings. The fourth-order valence-corrected chi connectivity index (χ4v) is 7.73. The lowest BCUT2D eigenvalue weighted by Gasteiger charge is -2.30. The molecular formula is C27H23ClN2O7S2. The van der Waals surface area contributed by atoms with Crippen LogP contribution in [0.1, 0.15) is 40.6 Å². The minimum Gasteiger partial charge on any atom is -0.465 e. The molecular weight excluding hydrogens is 564 g/mol. The van der Waals surface area contributed by atoms with Gasteiger partial charge in [0.1, 0.15) is 11.8 Å². The van der Waals surface area contributed by atoms with Crippen molar-refractivity contribution in [1.29, 1.82) is 0 Å². The van der Waals surface area contributed by atoms with Crippen LogP contribution in [0.15, 0.2) is 58.4 Å². The van der Waals surface area contributed by atoms with E-state index in [1.807, 2.05) is 0 Å². The molecule has 0 aliphatic carbocycles. The van der Waals surface area contributed by atoms with Gasteiger partial charge in [-0.15, -0.1) is 0 Å². The Hall–Kier alpha value is -3.41. The quantitative estimate of drug-likeness (QED) is 0.300. The van der Waals surface area contributed by atoms with E-state index in [0.717, 1.165) is 33.6 Å². The smallest absolute Gasteiger partial charge is 0.338 e. The van der Waals surface area contributed by atoms with Gasteiger partial charge in [-0.25, -0.2) is 9.69 Å². The molecule has 2 unspecified atom stereocenters. The molecule has 2 amide bonds. The van der Waals surface area contributed by atoms with E-state index in [-0.39, 0.29) is 24.6 Å². The Kier molecular flexibility index (Phi) is 7.66. The molecule has 12 heteroatoms. The average molecular weight is 587 g/mol. The molecule has 1 aromatic heterocycles. The zero-order valence-corrected chi connectivity index (χ0v) is 23.3. The van der Waals surface area contributed by atoms with Crippen molar-refractivity contribution >= 4 is 64.1 Å². The van der Waals surface area contributed by atoms with Gasteiger partial charge in [-0.3, -0.25) is 23.7 Å². The molecule has 1 saturated heterocycles. The number of rotatable bonds is 7. The molecule has 5 rings (SSSR count). The van der Waals surface area contributed by atoms with Gasteiger partial charge in [0.25, 0.3) is 0 Å². The van der Waals surface area contributed by atoms with Crippen LogP contribution in [0, 0.1) is 5.92 Å². The molecule has 0 radical (unpaired) electrons. The maximum atomic E-state index is 13.9. The number of thioether (sulfide) groups is 1. The first-order valence-corrected chi connectivity index (χ1v) is 14.3. The summed E-state index contributed by atoms with van der Waals surface area (Å²) in [7, 11) is 0. The Labute approximate surface area is 236 Å². The zero-order valence-electron chi connectivity index (χ0n) is 20.9. The van der Waals surface area contributed by atoms with Gasteiger partial charge in [0.15, 0.2) is 0 Å². The van der Waals surface area contributed by atoms with Gasteiger partial charge in [-0.05, 0) is 55.8 Å². The average Bonchev–Trinajstić information content (AvgIpc) is 3.36. The summed E-state index contributed by atoms with van der Waals surface area (Å²) in [6.07, 6.45) is 0. The Morgan fingerprint density at radius 1 is 0.923 bits per heavy atom. The summed E-state index contributed by atoms with van der Waals surface area (Å²) in [6, 6.07) is 13.0. The Morgan fingerprint density at radius 3 is 2.23 bits per heavy atom. The molecule has 3 atom stereocenters. The number of benzene rings is 2. The van der Waals surface area contributed by atoms with E-state index >= 15 is 0 Å². The van der Waals surface area contributed by atoms with Crippen LogP contribution in [0.25, 0.3) is 0 Å². The number of carbonyl (C=O) groups excluding carboxylic acids is 4. The third kappa shape index (κ3) is 4.90. The fourth-order valence-electron chi connectivity index (χ4n) is 4.84. The van der Waals surface area contributed by atoms with Gasteiger partial charge in [0, 0.05) is 15.8 Å². The summed E-state index contributed by atoms with van der Waals surface area (Å²) in [5.74, 6) is -3.32. The standard InChI is InChI=1S/C27H23ClN2O7S2/c1-3-36-18(31)13-29-25-22(39-27(29)35)19(14-5-9-16(28)10-6-14)20-21(38-25)24(33)30(23(20)32)17-11-7-15(8-12-17)26(34)37-4-2/h5-12,19-21H,3-4,13H2,1-2H3/t19-,20?,21?/m1/s1. The highest BCUT2D eigenvalue weighted by Gasteiger charge is 2.56. The van der Waals surface area contributed by atoms with Crippen LogP contribution in [-0.2, 0) is 30.4 Å². The minimum atomic E-state index is -0.835. The van der Waals surface area contributed by atoms with Crippen LogP contribution >= 0.6 is 34.7 Å². The summed E-state index contributed by atoms with van der Waals surface area (Å²) >= 11 is 8.19. The van der Waals surface area contributed by atoms with Gasteiger partial charge in [0.05, 0.1) is 35.4 Å². The largest absolute Gasteiger partial charge is 0.465 e. The number of carbonyl (C=O) groups is 4. The van der Waals surface area contributed by atoms with Gasteiger partial charge in [0.2, 0.25) is 11.8 Å². The second-order valence-corrected chi connectivity index (χ2v) is 11.4. The molecule has 202 valence electrons. The number of thiazole rings is 1. The molecule has 0 bridgehead atoms. The van der Waals surface area contributed by atoms with E-state index in [4.69, 9.17) is 21.1 Å². The first-order valence-electron chi connectivity index (χ1n) is 12.2. The molecule has 0 saturated carbocycles. The van der Waals surface area contributed by atoms with Crippen LogP contribution in [-0.4, -0.2) is 46.8 Å². The molecule has 0 N–H and O–H groups in total. The zero-order chi connectivity index (χ0) is 27.8. The van der Waals surface area contributed by atoms with Crippen molar-refractivity contribution in [1.82, 2.24) is 4.57 Å². The van der Waals surface area contributed by atoms with Gasteiger partial charge in [-0.1, -0.05) is 46.8 Å². The predicted molar refractivity (Wildman–Crippen MR) is 147 cm³/mol. The molecule has 2 aliphatic heterocycles. The van der Waals surface area contributed by atoms with Crippen LogP contribution in [0.3, 0.4) is 0 Å². The van der Waals surface area contributed by atoms with Crippen molar-refractivity contribution in [2.45, 2.75) is 36.6 Å². The molecule has 0 spiro atoms. The number of amides is 2. The number of imide groups is 1. The maximum Gasteiger partial charge on any atom is 0.338 e. The van der Waals surface area contributed by atoms with Crippen LogP contribution in [0.4, 0.5) is 5.69 Å². The number of halogens is 1. The van der Waals surface area contributed by atoms with Gasteiger partial charge < -0.3 is 9.47 Å². The van der Waals surface area contributed by atoms with E-state index in [0.29, 0.717) is 26.2 Å². The Balaban J connectivity index is 1.57. The van der Waals surface area contributed by atoms with Crippen molar-refractivity contribution in [3.8, 4) is 0 Å². The second kappa shape index (κ2) is 11.0. The molecule has 3 heterocycles. The lowest BCUT2D eigenvalue weighted by molar-refractivity contribution is -0.144. The summed E-state index contributed by atoms with van der Waals surface area (Å²) in [6.45, 7) is 3.48. The third-order valence-electron chi connectivity index (χ3n) is 6.51. The number of anilines is 1. The number of aromatic nitrogens is 1. The first kappa shape index (κ1) is 27.2. The van der Waals surface area contributed by atoms with Gasteiger partial charge >= 0.3 is 16.8 Å². The topological polar surface area (TPSA) is 112 Å². The molecule has 2 aliphatic rings. The highest BCUT2D eigenvalue weighted by atomic mass is 35.5. The van der Waals surface area contributed by atoms with E-state index in [2.05, 4.69) is 0 Å². The van der Waals surface area contributed by atoms with E-state index in [1.165, 1.54) is 28.8 Å². The Morgan fingerprint density at radius 2 is 1.59 bits per heavy atom. The fraction of sp³-hybridized carbons (Fsp3) is 0.296. The predicted octanol–water partition coefficient (Wildman–Crippen LogP) is 4.10. The summed E-state index contributed by atoms with van der Waals surface area (Å²) in [4.78, 5) is 66.4. The van der Waals surface area contributed by atoms with E-state index < -0.39 is 40.8 Å². The SMILES string of the molecule is CCOC(=O)Cn1c2c(sc1=O)[C@H](c1ccc(Cl)cc1)C1C(=O)N(c3ccc(C(=O)OCC)cc3)C(=O)C1S2. The number of hydrogen-bond donors (Lipinski definition) is 0. The van der Waals surface area contributed by atoms with E-state index in [1.54, 1.807) is 38.1 Å². The summed E-state index contributed by atoms with van der Waals surface area (Å²) in [5.41, 5.74) is 1.35. The third-order valence-corrected chi connectivity index (χ3v) is 9.36.